The first-order valence-electron chi connectivity index (χ1n) is 6.55. The highest BCUT2D eigenvalue weighted by atomic mass is 15.3. The van der Waals surface area contributed by atoms with Crippen LogP contribution in [0.1, 0.15) is 56.3 Å². The second-order valence-electron chi connectivity index (χ2n) is 5.06. The normalized spacial score (nSPS) is 24.0. The summed E-state index contributed by atoms with van der Waals surface area (Å²) in [5, 5.41) is 11.9. The van der Waals surface area contributed by atoms with Crippen molar-refractivity contribution in [3.63, 3.8) is 0 Å². The number of hydrogen-bond acceptors (Lipinski definition) is 3. The Hall–Kier alpha value is -0.900. The van der Waals surface area contributed by atoms with Crippen LogP contribution in [0.25, 0.3) is 0 Å². The van der Waals surface area contributed by atoms with Crippen molar-refractivity contribution in [3.8, 4) is 0 Å². The monoisotopic (exact) mass is 220 g/mol. The van der Waals surface area contributed by atoms with E-state index in [1.165, 1.54) is 44.3 Å². The molecule has 0 unspecified atom stereocenters. The molecule has 1 saturated heterocycles. The van der Waals surface area contributed by atoms with Gasteiger partial charge in [-0.3, -0.25) is 0 Å². The van der Waals surface area contributed by atoms with Gasteiger partial charge >= 0.3 is 0 Å². The maximum atomic E-state index is 4.37. The van der Waals surface area contributed by atoms with Crippen LogP contribution in [-0.4, -0.2) is 27.9 Å². The molecule has 1 aromatic rings. The third kappa shape index (κ3) is 1.86. The van der Waals surface area contributed by atoms with Crippen molar-refractivity contribution in [2.45, 2.75) is 50.5 Å². The molecule has 88 valence electrons. The van der Waals surface area contributed by atoms with Gasteiger partial charge in [-0.1, -0.05) is 12.8 Å². The Balaban J connectivity index is 1.80. The first kappa shape index (κ1) is 10.3. The molecular weight excluding hydrogens is 200 g/mol. The molecule has 2 heterocycles. The van der Waals surface area contributed by atoms with Crippen molar-refractivity contribution >= 4 is 0 Å². The third-order valence-electron chi connectivity index (χ3n) is 4.02. The number of hydrogen-bond donors (Lipinski definition) is 1. The van der Waals surface area contributed by atoms with Crippen LogP contribution in [0.3, 0.4) is 0 Å². The summed E-state index contributed by atoms with van der Waals surface area (Å²) in [5.41, 5.74) is 0. The molecule has 1 aliphatic carbocycles. The Morgan fingerprint density at radius 3 is 2.62 bits per heavy atom. The maximum absolute atomic E-state index is 4.37. The molecule has 2 fully saturated rings. The van der Waals surface area contributed by atoms with E-state index in [1.54, 1.807) is 0 Å². The predicted molar refractivity (Wildman–Crippen MR) is 62.4 cm³/mol. The van der Waals surface area contributed by atoms with E-state index >= 15 is 0 Å². The van der Waals surface area contributed by atoms with Gasteiger partial charge in [-0.15, -0.1) is 10.2 Å². The van der Waals surface area contributed by atoms with Crippen LogP contribution < -0.4 is 5.32 Å². The molecule has 0 bridgehead atoms. The van der Waals surface area contributed by atoms with Gasteiger partial charge in [0.25, 0.3) is 0 Å². The lowest BCUT2D eigenvalue weighted by Gasteiger charge is -2.26. The highest BCUT2D eigenvalue weighted by Gasteiger charge is 2.25. The van der Waals surface area contributed by atoms with E-state index < -0.39 is 0 Å². The fourth-order valence-electron chi connectivity index (χ4n) is 3.09. The van der Waals surface area contributed by atoms with Gasteiger partial charge < -0.3 is 9.88 Å². The molecule has 1 saturated carbocycles. The molecule has 0 amide bonds. The Kier molecular flexibility index (Phi) is 2.91. The third-order valence-corrected chi connectivity index (χ3v) is 4.02. The van der Waals surface area contributed by atoms with Crippen LogP contribution in [-0.2, 0) is 0 Å². The van der Waals surface area contributed by atoms with Crippen LogP contribution in [0.15, 0.2) is 6.33 Å². The summed E-state index contributed by atoms with van der Waals surface area (Å²) in [6.45, 7) is 2.26. The van der Waals surface area contributed by atoms with Gasteiger partial charge in [0.1, 0.15) is 12.2 Å². The molecule has 4 nitrogen and oxygen atoms in total. The number of piperidine rings is 1. The Bertz CT molecular complexity index is 335. The molecule has 0 aromatic carbocycles. The standard InChI is InChI=1S/C12H20N4/c1-2-4-10(3-1)12-15-14-9-16(12)11-5-7-13-8-6-11/h9-11,13H,1-8H2. The molecule has 4 heteroatoms. The Labute approximate surface area is 96.4 Å². The molecule has 1 aromatic heterocycles. The largest absolute Gasteiger partial charge is 0.317 e. The van der Waals surface area contributed by atoms with E-state index in [2.05, 4.69) is 20.1 Å². The van der Waals surface area contributed by atoms with Gasteiger partial charge in [0, 0.05) is 12.0 Å². The minimum absolute atomic E-state index is 0.631. The molecule has 0 spiro atoms. The van der Waals surface area contributed by atoms with Gasteiger partial charge in [-0.2, -0.15) is 0 Å². The number of rotatable bonds is 2. The Morgan fingerprint density at radius 1 is 1.12 bits per heavy atom. The summed E-state index contributed by atoms with van der Waals surface area (Å²) in [6.07, 6.45) is 9.74. The molecule has 0 atom stereocenters. The number of aromatic nitrogens is 3. The summed E-state index contributed by atoms with van der Waals surface area (Å²) in [4.78, 5) is 0. The quantitative estimate of drug-likeness (QED) is 0.827. The predicted octanol–water partition coefficient (Wildman–Crippen LogP) is 1.86. The molecule has 16 heavy (non-hydrogen) atoms. The molecule has 3 rings (SSSR count). The van der Waals surface area contributed by atoms with E-state index in [0.717, 1.165) is 13.1 Å². The summed E-state index contributed by atoms with van der Waals surface area (Å²) in [7, 11) is 0. The molecule has 0 radical (unpaired) electrons. The van der Waals surface area contributed by atoms with Crippen molar-refractivity contribution in [1.82, 2.24) is 20.1 Å². The topological polar surface area (TPSA) is 42.7 Å². The van der Waals surface area contributed by atoms with Gasteiger partial charge in [-0.25, -0.2) is 0 Å². The van der Waals surface area contributed by atoms with Crippen LogP contribution in [0.4, 0.5) is 0 Å². The smallest absolute Gasteiger partial charge is 0.136 e. The highest BCUT2D eigenvalue weighted by Crippen LogP contribution is 2.34. The maximum Gasteiger partial charge on any atom is 0.136 e. The first-order valence-corrected chi connectivity index (χ1v) is 6.55. The van der Waals surface area contributed by atoms with E-state index in [-0.39, 0.29) is 0 Å². The van der Waals surface area contributed by atoms with Gasteiger partial charge in [-0.05, 0) is 38.8 Å². The van der Waals surface area contributed by atoms with Crippen molar-refractivity contribution in [2.24, 2.45) is 0 Å². The van der Waals surface area contributed by atoms with Crippen LogP contribution >= 0.6 is 0 Å². The number of nitrogens with zero attached hydrogens (tertiary/aromatic N) is 3. The molecule has 1 aliphatic heterocycles. The summed E-state index contributed by atoms with van der Waals surface area (Å²) in [6, 6.07) is 0.631. The van der Waals surface area contributed by atoms with Crippen molar-refractivity contribution in [1.29, 1.82) is 0 Å². The van der Waals surface area contributed by atoms with Gasteiger partial charge in [0.15, 0.2) is 0 Å². The molecular formula is C12H20N4. The summed E-state index contributed by atoms with van der Waals surface area (Å²) >= 11 is 0. The lowest BCUT2D eigenvalue weighted by Crippen LogP contribution is -2.30. The van der Waals surface area contributed by atoms with Crippen LogP contribution in [0.2, 0.25) is 0 Å². The van der Waals surface area contributed by atoms with Crippen LogP contribution in [0, 0.1) is 0 Å². The fourth-order valence-corrected chi connectivity index (χ4v) is 3.09. The summed E-state index contributed by atoms with van der Waals surface area (Å²) < 4.78 is 2.36. The first-order chi connectivity index (χ1) is 7.95. The lowest BCUT2D eigenvalue weighted by atomic mass is 10.0. The van der Waals surface area contributed by atoms with Crippen molar-refractivity contribution < 1.29 is 0 Å². The SMILES string of the molecule is c1nnc(C2CCCC2)n1C1CCNCC1. The fraction of sp³-hybridized carbons (Fsp3) is 0.833. The average molecular weight is 220 g/mol. The minimum atomic E-state index is 0.631. The highest BCUT2D eigenvalue weighted by molar-refractivity contribution is 5.01. The zero-order valence-electron chi connectivity index (χ0n) is 9.73. The average Bonchev–Trinajstić information content (AvgIpc) is 3.01. The second kappa shape index (κ2) is 4.53. The van der Waals surface area contributed by atoms with Gasteiger partial charge in [0.2, 0.25) is 0 Å². The van der Waals surface area contributed by atoms with E-state index in [9.17, 15) is 0 Å². The van der Waals surface area contributed by atoms with E-state index in [4.69, 9.17) is 0 Å². The van der Waals surface area contributed by atoms with Gasteiger partial charge in [0.05, 0.1) is 0 Å². The molecule has 2 aliphatic rings. The minimum Gasteiger partial charge on any atom is -0.317 e. The van der Waals surface area contributed by atoms with Crippen molar-refractivity contribution in [3.05, 3.63) is 12.2 Å². The van der Waals surface area contributed by atoms with E-state index in [1.807, 2.05) is 6.33 Å². The van der Waals surface area contributed by atoms with Crippen LogP contribution in [0.5, 0.6) is 0 Å². The Morgan fingerprint density at radius 2 is 1.88 bits per heavy atom. The molecule has 1 N–H and O–H groups in total. The van der Waals surface area contributed by atoms with Crippen molar-refractivity contribution in [2.75, 3.05) is 13.1 Å². The summed E-state index contributed by atoms with van der Waals surface area (Å²) in [5.74, 6) is 1.93. The number of nitrogens with one attached hydrogen (secondary N) is 1. The zero-order chi connectivity index (χ0) is 10.8. The lowest BCUT2D eigenvalue weighted by molar-refractivity contribution is 0.353. The second-order valence-corrected chi connectivity index (χ2v) is 5.06. The zero-order valence-corrected chi connectivity index (χ0v) is 9.73. The van der Waals surface area contributed by atoms with E-state index in [0.29, 0.717) is 12.0 Å².